The topological polar surface area (TPSA) is 75.4 Å². The number of likely N-dealkylation sites (tertiary alicyclic amines) is 1. The predicted molar refractivity (Wildman–Crippen MR) is 73.1 cm³/mol. The average Bonchev–Trinajstić information content (AvgIpc) is 3.06. The van der Waals surface area contributed by atoms with E-state index in [2.05, 4.69) is 5.10 Å². The van der Waals surface area contributed by atoms with Crippen molar-refractivity contribution in [2.24, 2.45) is 0 Å². The summed E-state index contributed by atoms with van der Waals surface area (Å²) in [6, 6.07) is 1.80. The van der Waals surface area contributed by atoms with Crippen LogP contribution in [0.5, 0.6) is 0 Å². The van der Waals surface area contributed by atoms with Crippen molar-refractivity contribution in [2.45, 2.75) is 51.1 Å². The number of carboxylic acid groups (broad SMARTS) is 1. The van der Waals surface area contributed by atoms with E-state index < -0.39 is 11.5 Å². The molecule has 1 aliphatic rings. The molecule has 110 valence electrons. The summed E-state index contributed by atoms with van der Waals surface area (Å²) in [5.74, 6) is -0.960. The number of amides is 1. The Morgan fingerprint density at radius 1 is 1.45 bits per heavy atom. The molecule has 0 bridgehead atoms. The molecular weight excluding hydrogens is 258 g/mol. The lowest BCUT2D eigenvalue weighted by Gasteiger charge is -2.34. The lowest BCUT2D eigenvalue weighted by molar-refractivity contribution is -0.157. The monoisotopic (exact) mass is 279 g/mol. The highest BCUT2D eigenvalue weighted by molar-refractivity contribution is 5.87. The summed E-state index contributed by atoms with van der Waals surface area (Å²) in [5.41, 5.74) is -0.990. The lowest BCUT2D eigenvalue weighted by Crippen LogP contribution is -2.53. The standard InChI is InChI=1S/C14H21N3O3/c1-2-6-14(13(19)20)7-3-10-17(14)12(18)5-11-16-9-4-8-15-16/h4,8-9H,2-3,5-7,10-11H2,1H3,(H,19,20). The number of aryl methyl sites for hydroxylation is 1. The summed E-state index contributed by atoms with van der Waals surface area (Å²) in [7, 11) is 0. The second-order valence-corrected chi connectivity index (χ2v) is 5.25. The molecule has 0 saturated carbocycles. The van der Waals surface area contributed by atoms with Crippen molar-refractivity contribution in [2.75, 3.05) is 6.54 Å². The zero-order valence-corrected chi connectivity index (χ0v) is 11.8. The number of carbonyl (C=O) groups is 2. The second kappa shape index (κ2) is 6.07. The van der Waals surface area contributed by atoms with Crippen molar-refractivity contribution in [3.8, 4) is 0 Å². The number of hydrogen-bond acceptors (Lipinski definition) is 3. The van der Waals surface area contributed by atoms with Crippen LogP contribution in [0.4, 0.5) is 0 Å². The third-order valence-electron chi connectivity index (χ3n) is 3.97. The fraction of sp³-hybridized carbons (Fsp3) is 0.643. The minimum atomic E-state index is -0.990. The number of hydrogen-bond donors (Lipinski definition) is 1. The van der Waals surface area contributed by atoms with E-state index in [1.54, 1.807) is 28.0 Å². The minimum absolute atomic E-state index is 0.0890. The van der Waals surface area contributed by atoms with Crippen molar-refractivity contribution in [1.29, 1.82) is 0 Å². The summed E-state index contributed by atoms with van der Waals surface area (Å²) in [6.45, 7) is 2.99. The number of aliphatic carboxylic acids is 1. The summed E-state index contributed by atoms with van der Waals surface area (Å²) >= 11 is 0. The normalized spacial score (nSPS) is 22.1. The van der Waals surface area contributed by atoms with E-state index in [9.17, 15) is 14.7 Å². The van der Waals surface area contributed by atoms with Crippen LogP contribution in [-0.2, 0) is 16.1 Å². The minimum Gasteiger partial charge on any atom is -0.479 e. The Kier molecular flexibility index (Phi) is 4.42. The highest BCUT2D eigenvalue weighted by Gasteiger charge is 2.48. The van der Waals surface area contributed by atoms with Gasteiger partial charge in [0.25, 0.3) is 0 Å². The van der Waals surface area contributed by atoms with Gasteiger partial charge in [0, 0.05) is 31.9 Å². The highest BCUT2D eigenvalue weighted by atomic mass is 16.4. The molecule has 1 unspecified atom stereocenters. The van der Waals surface area contributed by atoms with Crippen LogP contribution in [0, 0.1) is 0 Å². The Balaban J connectivity index is 2.05. The third kappa shape index (κ3) is 2.69. The summed E-state index contributed by atoms with van der Waals surface area (Å²) in [5, 5.41) is 13.6. The maximum Gasteiger partial charge on any atom is 0.329 e. The van der Waals surface area contributed by atoms with Crippen LogP contribution in [0.2, 0.25) is 0 Å². The maximum atomic E-state index is 12.4. The fourth-order valence-electron chi connectivity index (χ4n) is 3.02. The van der Waals surface area contributed by atoms with E-state index in [1.165, 1.54) is 0 Å². The van der Waals surface area contributed by atoms with Crippen LogP contribution < -0.4 is 0 Å². The molecule has 1 fully saturated rings. The molecule has 0 radical (unpaired) electrons. The Labute approximate surface area is 118 Å². The smallest absolute Gasteiger partial charge is 0.329 e. The largest absolute Gasteiger partial charge is 0.479 e. The van der Waals surface area contributed by atoms with Crippen LogP contribution in [0.1, 0.15) is 39.0 Å². The molecule has 6 nitrogen and oxygen atoms in total. The molecule has 1 N–H and O–H groups in total. The van der Waals surface area contributed by atoms with Gasteiger partial charge in [-0.25, -0.2) is 4.79 Å². The van der Waals surface area contributed by atoms with E-state index >= 15 is 0 Å². The van der Waals surface area contributed by atoms with Crippen LogP contribution in [0.3, 0.4) is 0 Å². The second-order valence-electron chi connectivity index (χ2n) is 5.25. The van der Waals surface area contributed by atoms with E-state index in [0.29, 0.717) is 32.4 Å². The first-order valence-electron chi connectivity index (χ1n) is 7.11. The Bertz CT molecular complexity index is 472. The first-order valence-corrected chi connectivity index (χ1v) is 7.11. The van der Waals surface area contributed by atoms with Crippen molar-refractivity contribution in [3.63, 3.8) is 0 Å². The molecule has 1 aromatic rings. The Morgan fingerprint density at radius 3 is 2.85 bits per heavy atom. The van der Waals surface area contributed by atoms with Crippen molar-refractivity contribution < 1.29 is 14.7 Å². The van der Waals surface area contributed by atoms with Gasteiger partial charge in [-0.1, -0.05) is 13.3 Å². The van der Waals surface area contributed by atoms with Gasteiger partial charge in [-0.05, 0) is 25.3 Å². The molecule has 2 heterocycles. The molecule has 1 amide bonds. The van der Waals surface area contributed by atoms with Gasteiger partial charge >= 0.3 is 5.97 Å². The molecule has 0 aromatic carbocycles. The molecule has 1 aliphatic heterocycles. The number of aromatic nitrogens is 2. The van der Waals surface area contributed by atoms with Crippen LogP contribution in [0.15, 0.2) is 18.5 Å². The summed E-state index contributed by atoms with van der Waals surface area (Å²) in [6.07, 6.45) is 6.36. The predicted octanol–water partition coefficient (Wildman–Crippen LogP) is 1.52. The molecule has 2 rings (SSSR count). The zero-order valence-electron chi connectivity index (χ0n) is 11.8. The SMILES string of the molecule is CCCC1(C(=O)O)CCCN1C(=O)CCn1cccn1. The third-order valence-corrected chi connectivity index (χ3v) is 3.97. The van der Waals surface area contributed by atoms with E-state index in [-0.39, 0.29) is 5.91 Å². The quantitative estimate of drug-likeness (QED) is 0.856. The van der Waals surface area contributed by atoms with E-state index in [0.717, 1.165) is 12.8 Å². The molecule has 1 aromatic heterocycles. The number of rotatable bonds is 6. The fourth-order valence-corrected chi connectivity index (χ4v) is 3.02. The van der Waals surface area contributed by atoms with E-state index in [4.69, 9.17) is 0 Å². The van der Waals surface area contributed by atoms with Gasteiger partial charge in [-0.2, -0.15) is 5.10 Å². The highest BCUT2D eigenvalue weighted by Crippen LogP contribution is 2.34. The van der Waals surface area contributed by atoms with Gasteiger partial charge in [0.15, 0.2) is 0 Å². The first-order chi connectivity index (χ1) is 9.60. The molecule has 6 heteroatoms. The number of carbonyl (C=O) groups excluding carboxylic acids is 1. The van der Waals surface area contributed by atoms with Gasteiger partial charge in [0.05, 0.1) is 0 Å². The van der Waals surface area contributed by atoms with Crippen molar-refractivity contribution in [1.82, 2.24) is 14.7 Å². The van der Waals surface area contributed by atoms with E-state index in [1.807, 2.05) is 6.92 Å². The van der Waals surface area contributed by atoms with Gasteiger partial charge in [-0.3, -0.25) is 9.48 Å². The molecule has 1 atom stereocenters. The lowest BCUT2D eigenvalue weighted by atomic mass is 9.90. The summed E-state index contributed by atoms with van der Waals surface area (Å²) < 4.78 is 1.69. The molecule has 1 saturated heterocycles. The zero-order chi connectivity index (χ0) is 14.6. The molecule has 20 heavy (non-hydrogen) atoms. The van der Waals surface area contributed by atoms with Gasteiger partial charge in [-0.15, -0.1) is 0 Å². The molecular formula is C14H21N3O3. The number of nitrogens with zero attached hydrogens (tertiary/aromatic N) is 3. The van der Waals surface area contributed by atoms with Crippen molar-refractivity contribution in [3.05, 3.63) is 18.5 Å². The first kappa shape index (κ1) is 14.6. The van der Waals surface area contributed by atoms with Crippen LogP contribution in [0.25, 0.3) is 0 Å². The van der Waals surface area contributed by atoms with Crippen molar-refractivity contribution >= 4 is 11.9 Å². The Morgan fingerprint density at radius 2 is 2.25 bits per heavy atom. The number of carboxylic acids is 1. The maximum absolute atomic E-state index is 12.4. The van der Waals surface area contributed by atoms with Gasteiger partial charge in [0.1, 0.15) is 5.54 Å². The van der Waals surface area contributed by atoms with Gasteiger partial charge < -0.3 is 10.0 Å². The Hall–Kier alpha value is -1.85. The molecule has 0 aliphatic carbocycles. The van der Waals surface area contributed by atoms with Gasteiger partial charge in [0.2, 0.25) is 5.91 Å². The summed E-state index contributed by atoms with van der Waals surface area (Å²) in [4.78, 5) is 25.6. The van der Waals surface area contributed by atoms with Crippen LogP contribution >= 0.6 is 0 Å². The average molecular weight is 279 g/mol. The molecule has 0 spiro atoms. The van der Waals surface area contributed by atoms with Crippen LogP contribution in [-0.4, -0.2) is 43.7 Å².